The Morgan fingerprint density at radius 2 is 2.14 bits per heavy atom. The molecule has 1 aromatic carbocycles. The van der Waals surface area contributed by atoms with Crippen molar-refractivity contribution in [1.29, 1.82) is 0 Å². The molecule has 0 fully saturated rings. The van der Waals surface area contributed by atoms with Crippen molar-refractivity contribution in [1.82, 2.24) is 5.32 Å². The molecule has 0 radical (unpaired) electrons. The van der Waals surface area contributed by atoms with Crippen LogP contribution in [0.5, 0.6) is 0 Å². The van der Waals surface area contributed by atoms with Gasteiger partial charge in [-0.2, -0.15) is 0 Å². The summed E-state index contributed by atoms with van der Waals surface area (Å²) >= 11 is 0. The summed E-state index contributed by atoms with van der Waals surface area (Å²) < 4.78 is 10.9. The molecule has 22 heavy (non-hydrogen) atoms. The predicted molar refractivity (Wildman–Crippen MR) is 82.6 cm³/mol. The lowest BCUT2D eigenvalue weighted by molar-refractivity contribution is 0.0696. The zero-order valence-corrected chi connectivity index (χ0v) is 12.6. The van der Waals surface area contributed by atoms with Crippen molar-refractivity contribution in [3.63, 3.8) is 0 Å². The first-order valence-corrected chi connectivity index (χ1v) is 7.28. The molecule has 0 aliphatic rings. The van der Waals surface area contributed by atoms with Gasteiger partial charge in [-0.05, 0) is 17.5 Å². The van der Waals surface area contributed by atoms with E-state index < -0.39 is 5.97 Å². The van der Waals surface area contributed by atoms with Gasteiger partial charge >= 0.3 is 5.97 Å². The number of hydrogen-bond donors (Lipinski definition) is 2. The highest BCUT2D eigenvalue weighted by molar-refractivity contribution is 5.87. The number of ether oxygens (including phenoxy) is 1. The van der Waals surface area contributed by atoms with E-state index in [2.05, 4.69) is 12.2 Å². The Balaban J connectivity index is 1.61. The highest BCUT2D eigenvalue weighted by Crippen LogP contribution is 2.08. The molecule has 0 aliphatic heterocycles. The number of carboxylic acid groups (broad SMARTS) is 1. The monoisotopic (exact) mass is 303 g/mol. The Morgan fingerprint density at radius 1 is 1.36 bits per heavy atom. The molecule has 5 nitrogen and oxygen atoms in total. The smallest absolute Gasteiger partial charge is 0.338 e. The second-order valence-corrected chi connectivity index (χ2v) is 5.34. The number of rotatable bonds is 9. The fraction of sp³-hybridized carbons (Fsp3) is 0.353. The fourth-order valence-electron chi connectivity index (χ4n) is 2.04. The number of carbonyl (C=O) groups is 1. The third-order valence-corrected chi connectivity index (χ3v) is 3.21. The van der Waals surface area contributed by atoms with E-state index in [1.807, 2.05) is 30.3 Å². The lowest BCUT2D eigenvalue weighted by Gasteiger charge is -2.12. The highest BCUT2D eigenvalue weighted by atomic mass is 16.5. The van der Waals surface area contributed by atoms with Crippen LogP contribution in [-0.2, 0) is 17.9 Å². The van der Waals surface area contributed by atoms with E-state index >= 15 is 0 Å². The van der Waals surface area contributed by atoms with Crippen LogP contribution in [0.25, 0.3) is 0 Å². The van der Waals surface area contributed by atoms with Crippen molar-refractivity contribution < 1.29 is 19.1 Å². The first-order valence-electron chi connectivity index (χ1n) is 7.28. The SMILES string of the molecule is CC(CNCc1cc(C(=O)O)co1)COCc1ccccc1. The molecule has 0 saturated heterocycles. The van der Waals surface area contributed by atoms with E-state index in [1.165, 1.54) is 17.9 Å². The molecule has 1 atom stereocenters. The summed E-state index contributed by atoms with van der Waals surface area (Å²) in [6, 6.07) is 11.6. The molecule has 1 heterocycles. The van der Waals surface area contributed by atoms with Crippen LogP contribution in [0.2, 0.25) is 0 Å². The summed E-state index contributed by atoms with van der Waals surface area (Å²) in [6.07, 6.45) is 1.26. The quantitative estimate of drug-likeness (QED) is 0.745. The number of aromatic carboxylic acids is 1. The van der Waals surface area contributed by atoms with Gasteiger partial charge in [0.15, 0.2) is 0 Å². The molecule has 0 spiro atoms. The molecule has 1 unspecified atom stereocenters. The third-order valence-electron chi connectivity index (χ3n) is 3.21. The van der Waals surface area contributed by atoms with E-state index in [4.69, 9.17) is 14.3 Å². The zero-order chi connectivity index (χ0) is 15.8. The number of hydrogen-bond acceptors (Lipinski definition) is 4. The Hall–Kier alpha value is -2.11. The Labute approximate surface area is 129 Å². The molecular weight excluding hydrogens is 282 g/mol. The van der Waals surface area contributed by atoms with Crippen LogP contribution in [0.4, 0.5) is 0 Å². The van der Waals surface area contributed by atoms with Crippen molar-refractivity contribution >= 4 is 5.97 Å². The van der Waals surface area contributed by atoms with Crippen LogP contribution < -0.4 is 5.32 Å². The van der Waals surface area contributed by atoms with Crippen molar-refractivity contribution in [2.45, 2.75) is 20.1 Å². The normalized spacial score (nSPS) is 12.2. The molecule has 2 aromatic rings. The minimum absolute atomic E-state index is 0.177. The number of carboxylic acids is 1. The second kappa shape index (κ2) is 8.36. The zero-order valence-electron chi connectivity index (χ0n) is 12.6. The molecule has 0 saturated carbocycles. The van der Waals surface area contributed by atoms with E-state index in [0.29, 0.717) is 31.4 Å². The van der Waals surface area contributed by atoms with Gasteiger partial charge in [0.2, 0.25) is 0 Å². The molecular formula is C17H21NO4. The number of benzene rings is 1. The van der Waals surface area contributed by atoms with Crippen LogP contribution >= 0.6 is 0 Å². The van der Waals surface area contributed by atoms with Gasteiger partial charge in [0.05, 0.1) is 25.3 Å². The van der Waals surface area contributed by atoms with Crippen molar-refractivity contribution in [2.24, 2.45) is 5.92 Å². The summed E-state index contributed by atoms with van der Waals surface area (Å²) in [5.74, 6) is 0.00472. The molecule has 5 heteroatoms. The van der Waals surface area contributed by atoms with Crippen LogP contribution in [0, 0.1) is 5.92 Å². The Morgan fingerprint density at radius 3 is 2.82 bits per heavy atom. The van der Waals surface area contributed by atoms with E-state index in [9.17, 15) is 4.79 Å². The van der Waals surface area contributed by atoms with Gasteiger partial charge in [-0.15, -0.1) is 0 Å². The highest BCUT2D eigenvalue weighted by Gasteiger charge is 2.08. The Kier molecular flexibility index (Phi) is 6.18. The first-order chi connectivity index (χ1) is 10.6. The molecule has 2 rings (SSSR count). The van der Waals surface area contributed by atoms with Gasteiger partial charge in [-0.3, -0.25) is 0 Å². The predicted octanol–water partition coefficient (Wildman–Crippen LogP) is 2.92. The molecule has 2 N–H and O–H groups in total. The van der Waals surface area contributed by atoms with Crippen molar-refractivity contribution in [2.75, 3.05) is 13.2 Å². The minimum atomic E-state index is -0.974. The first kappa shape index (κ1) is 16.3. The van der Waals surface area contributed by atoms with Gasteiger partial charge in [-0.1, -0.05) is 37.3 Å². The maximum atomic E-state index is 10.7. The molecule has 1 aromatic heterocycles. The fourth-order valence-corrected chi connectivity index (χ4v) is 2.04. The lowest BCUT2D eigenvalue weighted by Crippen LogP contribution is -2.23. The maximum Gasteiger partial charge on any atom is 0.338 e. The van der Waals surface area contributed by atoms with Gasteiger partial charge in [0.1, 0.15) is 12.0 Å². The second-order valence-electron chi connectivity index (χ2n) is 5.34. The minimum Gasteiger partial charge on any atom is -0.478 e. The van der Waals surface area contributed by atoms with Crippen molar-refractivity contribution in [3.05, 3.63) is 59.5 Å². The summed E-state index contributed by atoms with van der Waals surface area (Å²) in [5.41, 5.74) is 1.34. The Bertz CT molecular complexity index is 579. The van der Waals surface area contributed by atoms with Crippen LogP contribution in [0.1, 0.15) is 28.6 Å². The third kappa shape index (κ3) is 5.35. The van der Waals surface area contributed by atoms with Gasteiger partial charge < -0.3 is 19.6 Å². The van der Waals surface area contributed by atoms with Gasteiger partial charge in [0, 0.05) is 6.54 Å². The summed E-state index contributed by atoms with van der Waals surface area (Å²) in [7, 11) is 0. The van der Waals surface area contributed by atoms with Crippen LogP contribution in [0.3, 0.4) is 0 Å². The van der Waals surface area contributed by atoms with Gasteiger partial charge in [-0.25, -0.2) is 4.79 Å². The molecule has 0 aliphatic carbocycles. The molecule has 0 bridgehead atoms. The molecule has 0 amide bonds. The summed E-state index contributed by atoms with van der Waals surface area (Å²) in [4.78, 5) is 10.7. The maximum absolute atomic E-state index is 10.7. The number of furan rings is 1. The van der Waals surface area contributed by atoms with Crippen molar-refractivity contribution in [3.8, 4) is 0 Å². The van der Waals surface area contributed by atoms with Gasteiger partial charge in [0.25, 0.3) is 0 Å². The summed E-state index contributed by atoms with van der Waals surface area (Å²) in [6.45, 7) is 4.67. The number of nitrogens with one attached hydrogen (secondary N) is 1. The van der Waals surface area contributed by atoms with Crippen LogP contribution in [0.15, 0.2) is 47.1 Å². The van der Waals surface area contributed by atoms with E-state index in [-0.39, 0.29) is 5.56 Å². The van der Waals surface area contributed by atoms with E-state index in [1.54, 1.807) is 0 Å². The largest absolute Gasteiger partial charge is 0.478 e. The molecule has 118 valence electrons. The standard InChI is InChI=1S/C17H21NO4/c1-13(10-21-11-14-5-3-2-4-6-14)8-18-9-16-7-15(12-22-16)17(19)20/h2-7,12-13,18H,8-11H2,1H3,(H,19,20). The summed E-state index contributed by atoms with van der Waals surface area (Å²) in [5, 5.41) is 12.0. The van der Waals surface area contributed by atoms with E-state index in [0.717, 1.165) is 6.54 Å². The van der Waals surface area contributed by atoms with Crippen LogP contribution in [-0.4, -0.2) is 24.2 Å². The topological polar surface area (TPSA) is 71.7 Å². The lowest BCUT2D eigenvalue weighted by atomic mass is 10.2. The average molecular weight is 303 g/mol. The average Bonchev–Trinajstić information content (AvgIpc) is 2.97.